The number of nitrogens with zero attached hydrogens (tertiary/aromatic N) is 3. The van der Waals surface area contributed by atoms with Crippen molar-refractivity contribution in [3.63, 3.8) is 0 Å². The molecule has 0 fully saturated rings. The highest BCUT2D eigenvalue weighted by molar-refractivity contribution is 6.28. The summed E-state index contributed by atoms with van der Waals surface area (Å²) in [6.07, 6.45) is 0. The third-order valence-electron chi connectivity index (χ3n) is 5.84. The van der Waals surface area contributed by atoms with Crippen molar-refractivity contribution in [1.82, 2.24) is 15.0 Å². The number of benzene rings is 5. The predicted octanol–water partition coefficient (Wildman–Crippen LogP) is 7.83. The molecule has 4 heteroatoms. The predicted molar refractivity (Wildman–Crippen MR) is 136 cm³/mol. The van der Waals surface area contributed by atoms with Gasteiger partial charge in [0.2, 0.25) is 5.28 Å². The van der Waals surface area contributed by atoms with E-state index in [1.165, 1.54) is 21.9 Å². The highest BCUT2D eigenvalue weighted by Crippen LogP contribution is 2.32. The zero-order valence-electron chi connectivity index (χ0n) is 17.6. The molecule has 1 heterocycles. The molecule has 0 saturated carbocycles. The molecule has 156 valence electrons. The maximum absolute atomic E-state index is 6.24. The van der Waals surface area contributed by atoms with Crippen molar-refractivity contribution in [2.24, 2.45) is 0 Å². The van der Waals surface area contributed by atoms with Crippen LogP contribution >= 0.6 is 11.6 Å². The van der Waals surface area contributed by atoms with Crippen molar-refractivity contribution in [2.75, 3.05) is 0 Å². The second kappa shape index (κ2) is 8.12. The molecule has 0 bridgehead atoms. The molecule has 6 aromatic rings. The van der Waals surface area contributed by atoms with Crippen molar-refractivity contribution < 1.29 is 0 Å². The summed E-state index contributed by atoms with van der Waals surface area (Å²) in [5.41, 5.74) is 4.24. The van der Waals surface area contributed by atoms with Gasteiger partial charge in [0.05, 0.1) is 0 Å². The summed E-state index contributed by atoms with van der Waals surface area (Å²) in [5.74, 6) is 1.13. The van der Waals surface area contributed by atoms with Crippen LogP contribution in [0, 0.1) is 0 Å². The minimum atomic E-state index is 0.185. The highest BCUT2D eigenvalue weighted by atomic mass is 35.5. The Bertz CT molecular complexity index is 1620. The third-order valence-corrected chi connectivity index (χ3v) is 6.01. The largest absolute Gasteiger partial charge is 0.226 e. The van der Waals surface area contributed by atoms with Crippen LogP contribution in [-0.4, -0.2) is 15.0 Å². The summed E-state index contributed by atoms with van der Waals surface area (Å²) in [5, 5.41) is 4.96. The van der Waals surface area contributed by atoms with Gasteiger partial charge in [-0.1, -0.05) is 97.1 Å². The number of hydrogen-bond acceptors (Lipinski definition) is 3. The van der Waals surface area contributed by atoms with E-state index in [1.54, 1.807) is 0 Å². The molecule has 0 saturated heterocycles. The molecule has 3 nitrogen and oxygen atoms in total. The van der Waals surface area contributed by atoms with E-state index in [-0.39, 0.29) is 5.28 Å². The molecule has 1 aromatic heterocycles. The fraction of sp³-hybridized carbons (Fsp3) is 0. The molecule has 5 aromatic carbocycles. The Kier molecular flexibility index (Phi) is 4.82. The summed E-state index contributed by atoms with van der Waals surface area (Å²) in [7, 11) is 0. The molecule has 0 unspecified atom stereocenters. The van der Waals surface area contributed by atoms with E-state index in [1.807, 2.05) is 36.4 Å². The number of rotatable bonds is 3. The van der Waals surface area contributed by atoms with Crippen LogP contribution in [0.1, 0.15) is 0 Å². The summed E-state index contributed by atoms with van der Waals surface area (Å²) >= 11 is 6.24. The van der Waals surface area contributed by atoms with E-state index in [9.17, 15) is 0 Å². The molecule has 0 spiro atoms. The van der Waals surface area contributed by atoms with E-state index in [0.29, 0.717) is 11.6 Å². The second-order valence-corrected chi connectivity index (χ2v) is 8.26. The zero-order chi connectivity index (χ0) is 22.2. The Hall–Kier alpha value is -4.08. The second-order valence-electron chi connectivity index (χ2n) is 7.92. The van der Waals surface area contributed by atoms with Gasteiger partial charge >= 0.3 is 0 Å². The first-order chi connectivity index (χ1) is 16.2. The van der Waals surface area contributed by atoms with Crippen LogP contribution in [0.2, 0.25) is 5.28 Å². The number of hydrogen-bond donors (Lipinski definition) is 0. The first-order valence-corrected chi connectivity index (χ1v) is 11.1. The molecule has 0 amide bonds. The first-order valence-electron chi connectivity index (χ1n) is 10.7. The van der Waals surface area contributed by atoms with Crippen LogP contribution in [0.5, 0.6) is 0 Å². The van der Waals surface area contributed by atoms with Gasteiger partial charge < -0.3 is 0 Å². The SMILES string of the molecule is Clc1nc(-c2ccccc2)nc(-c2ccc3cc(-c4cccc5ccccc45)ccc3c2)n1. The van der Waals surface area contributed by atoms with Crippen molar-refractivity contribution in [2.45, 2.75) is 0 Å². The van der Waals surface area contributed by atoms with E-state index < -0.39 is 0 Å². The summed E-state index contributed by atoms with van der Waals surface area (Å²) < 4.78 is 0. The Morgan fingerprint density at radius 2 is 1.09 bits per heavy atom. The van der Waals surface area contributed by atoms with Crippen LogP contribution in [0.15, 0.2) is 109 Å². The Labute approximate surface area is 196 Å². The van der Waals surface area contributed by atoms with E-state index in [4.69, 9.17) is 11.6 Å². The fourth-order valence-electron chi connectivity index (χ4n) is 4.23. The molecular formula is C29H18ClN3. The van der Waals surface area contributed by atoms with Gasteiger partial charge in [-0.3, -0.25) is 0 Å². The van der Waals surface area contributed by atoms with Gasteiger partial charge in [0.25, 0.3) is 0 Å². The van der Waals surface area contributed by atoms with Crippen LogP contribution in [0.3, 0.4) is 0 Å². The standard InChI is InChI=1S/C29H18ClN3/c30-29-32-27(20-8-2-1-3-9-20)31-28(33-29)24-16-14-21-17-23(15-13-22(21)18-24)26-12-6-10-19-7-4-5-11-25(19)26/h1-18H. The average molecular weight is 444 g/mol. The maximum Gasteiger partial charge on any atom is 0.226 e. The molecule has 0 aliphatic heterocycles. The number of aromatic nitrogens is 3. The summed E-state index contributed by atoms with van der Waals surface area (Å²) in [4.78, 5) is 13.4. The topological polar surface area (TPSA) is 38.7 Å². The van der Waals surface area contributed by atoms with Gasteiger partial charge in [0.1, 0.15) is 0 Å². The van der Waals surface area contributed by atoms with Gasteiger partial charge in [-0.25, -0.2) is 4.98 Å². The lowest BCUT2D eigenvalue weighted by molar-refractivity contribution is 1.07. The molecule has 0 atom stereocenters. The quantitative estimate of drug-likeness (QED) is 0.279. The van der Waals surface area contributed by atoms with Crippen molar-refractivity contribution >= 4 is 33.1 Å². The van der Waals surface area contributed by atoms with Gasteiger partial charge in [-0.05, 0) is 56.4 Å². The summed E-state index contributed by atoms with van der Waals surface area (Å²) in [6.45, 7) is 0. The molecule has 6 rings (SSSR count). The van der Waals surface area contributed by atoms with E-state index in [2.05, 4.69) is 87.7 Å². The monoisotopic (exact) mass is 443 g/mol. The molecule has 0 radical (unpaired) electrons. The summed E-state index contributed by atoms with van der Waals surface area (Å²) in [6, 6.07) is 37.5. The third kappa shape index (κ3) is 3.73. The molecule has 0 aliphatic rings. The molecular weight excluding hydrogens is 426 g/mol. The first kappa shape index (κ1) is 19.6. The Morgan fingerprint density at radius 1 is 0.455 bits per heavy atom. The van der Waals surface area contributed by atoms with Crippen LogP contribution in [-0.2, 0) is 0 Å². The number of fused-ring (bicyclic) bond motifs is 2. The molecule has 33 heavy (non-hydrogen) atoms. The van der Waals surface area contributed by atoms with E-state index >= 15 is 0 Å². The maximum atomic E-state index is 6.24. The Balaban J connectivity index is 1.43. The lowest BCUT2D eigenvalue weighted by Crippen LogP contribution is -1.97. The zero-order valence-corrected chi connectivity index (χ0v) is 18.4. The van der Waals surface area contributed by atoms with Crippen LogP contribution < -0.4 is 0 Å². The van der Waals surface area contributed by atoms with Gasteiger partial charge in [0.15, 0.2) is 11.6 Å². The van der Waals surface area contributed by atoms with Gasteiger partial charge in [-0.15, -0.1) is 0 Å². The van der Waals surface area contributed by atoms with Crippen molar-refractivity contribution in [3.05, 3.63) is 114 Å². The van der Waals surface area contributed by atoms with Crippen molar-refractivity contribution in [1.29, 1.82) is 0 Å². The van der Waals surface area contributed by atoms with Crippen LogP contribution in [0.4, 0.5) is 0 Å². The Morgan fingerprint density at radius 3 is 1.91 bits per heavy atom. The van der Waals surface area contributed by atoms with Crippen molar-refractivity contribution in [3.8, 4) is 33.9 Å². The molecule has 0 N–H and O–H groups in total. The van der Waals surface area contributed by atoms with E-state index in [0.717, 1.165) is 21.9 Å². The number of halogens is 1. The average Bonchev–Trinajstić information content (AvgIpc) is 2.88. The van der Waals surface area contributed by atoms with Crippen LogP contribution in [0.25, 0.3) is 55.4 Å². The smallest absolute Gasteiger partial charge is 0.208 e. The molecule has 0 aliphatic carbocycles. The van der Waals surface area contributed by atoms with Gasteiger partial charge in [-0.2, -0.15) is 9.97 Å². The lowest BCUT2D eigenvalue weighted by atomic mass is 9.96. The normalized spacial score (nSPS) is 11.2. The fourth-order valence-corrected chi connectivity index (χ4v) is 4.39. The minimum absolute atomic E-state index is 0.185. The van der Waals surface area contributed by atoms with Gasteiger partial charge in [0, 0.05) is 11.1 Å². The lowest BCUT2D eigenvalue weighted by Gasteiger charge is -2.09. The highest BCUT2D eigenvalue weighted by Gasteiger charge is 2.11. The minimum Gasteiger partial charge on any atom is -0.208 e.